The number of pyridine rings is 1. The zero-order valence-electron chi connectivity index (χ0n) is 16.8. The molecule has 1 aromatic rings. The number of hydrogen-bond acceptors (Lipinski definition) is 4. The average molecular weight is 372 g/mol. The highest BCUT2D eigenvalue weighted by Gasteiger charge is 2.28. The Kier molecular flexibility index (Phi) is 7.00. The Morgan fingerprint density at radius 2 is 1.96 bits per heavy atom. The molecule has 0 radical (unpaired) electrons. The predicted molar refractivity (Wildman–Crippen MR) is 107 cm³/mol. The predicted octanol–water partition coefficient (Wildman–Crippen LogP) is 2.70. The van der Waals surface area contributed by atoms with E-state index in [1.54, 1.807) is 6.92 Å². The lowest BCUT2D eigenvalue weighted by Gasteiger charge is -2.34. The van der Waals surface area contributed by atoms with E-state index in [1.165, 1.54) is 30.5 Å². The van der Waals surface area contributed by atoms with Crippen molar-refractivity contribution in [3.8, 4) is 0 Å². The summed E-state index contributed by atoms with van der Waals surface area (Å²) in [6.45, 7) is 5.97. The summed E-state index contributed by atoms with van der Waals surface area (Å²) in [5.41, 5.74) is 3.86. The van der Waals surface area contributed by atoms with Crippen LogP contribution in [0.5, 0.6) is 0 Å². The van der Waals surface area contributed by atoms with Crippen molar-refractivity contribution in [2.24, 2.45) is 5.92 Å². The van der Waals surface area contributed by atoms with Crippen molar-refractivity contribution >= 4 is 11.7 Å². The first-order chi connectivity index (χ1) is 13.0. The Hall–Kier alpha value is -1.75. The zero-order chi connectivity index (χ0) is 19.2. The molecule has 0 unspecified atom stereocenters. The number of rotatable bonds is 7. The number of piperidine rings is 1. The maximum absolute atomic E-state index is 12.4. The van der Waals surface area contributed by atoms with Gasteiger partial charge in [0.1, 0.15) is 5.78 Å². The van der Waals surface area contributed by atoms with Gasteiger partial charge in [0.2, 0.25) is 5.91 Å². The summed E-state index contributed by atoms with van der Waals surface area (Å²) in [7, 11) is 0. The standard InChI is InChI=1S/C22H33N3O2/c1-16(17(2)26)25-14-11-19(12-15-25)22(27)23-13-5-7-20-10-9-18-6-3-4-8-21(18)24-20/h9-10,16,19H,3-8,11-15H2,1-2H3,(H,23,27)/t16-/m0/s1. The lowest BCUT2D eigenvalue weighted by molar-refractivity contribution is -0.127. The minimum atomic E-state index is -0.0295. The lowest BCUT2D eigenvalue weighted by Crippen LogP contribution is -2.46. The topological polar surface area (TPSA) is 62.3 Å². The third-order valence-electron chi connectivity index (χ3n) is 6.18. The molecule has 27 heavy (non-hydrogen) atoms. The van der Waals surface area contributed by atoms with Crippen molar-refractivity contribution in [3.63, 3.8) is 0 Å². The molecule has 1 aliphatic carbocycles. The number of nitrogens with one attached hydrogen (secondary N) is 1. The number of hydrogen-bond donors (Lipinski definition) is 1. The maximum atomic E-state index is 12.4. The number of Topliss-reactive ketones (excluding diaryl/α,β-unsaturated/α-hetero) is 1. The highest BCUT2D eigenvalue weighted by molar-refractivity contribution is 5.81. The monoisotopic (exact) mass is 371 g/mol. The number of amides is 1. The Morgan fingerprint density at radius 3 is 2.70 bits per heavy atom. The van der Waals surface area contributed by atoms with Gasteiger partial charge < -0.3 is 5.32 Å². The van der Waals surface area contributed by atoms with Crippen LogP contribution in [0.4, 0.5) is 0 Å². The van der Waals surface area contributed by atoms with Crippen molar-refractivity contribution in [1.29, 1.82) is 0 Å². The van der Waals surface area contributed by atoms with E-state index in [0.29, 0.717) is 6.54 Å². The largest absolute Gasteiger partial charge is 0.356 e. The van der Waals surface area contributed by atoms with E-state index < -0.39 is 0 Å². The highest BCUT2D eigenvalue weighted by atomic mass is 16.2. The van der Waals surface area contributed by atoms with Crippen LogP contribution in [0.15, 0.2) is 12.1 Å². The molecule has 1 atom stereocenters. The molecule has 2 heterocycles. The van der Waals surface area contributed by atoms with Crippen LogP contribution < -0.4 is 5.32 Å². The summed E-state index contributed by atoms with van der Waals surface area (Å²) in [6.07, 6.45) is 8.35. The SMILES string of the molecule is CC(=O)[C@H](C)N1CCC(C(=O)NCCCc2ccc3c(n2)CCCC3)CC1. The molecule has 5 nitrogen and oxygen atoms in total. The van der Waals surface area contributed by atoms with Gasteiger partial charge in [-0.05, 0) is 89.9 Å². The van der Waals surface area contributed by atoms with Crippen LogP contribution in [0.25, 0.3) is 0 Å². The quantitative estimate of drug-likeness (QED) is 0.749. The first kappa shape index (κ1) is 20.0. The fourth-order valence-electron chi connectivity index (χ4n) is 4.20. The van der Waals surface area contributed by atoms with Gasteiger partial charge >= 0.3 is 0 Å². The van der Waals surface area contributed by atoms with Crippen LogP contribution in [0.1, 0.15) is 62.9 Å². The van der Waals surface area contributed by atoms with Crippen LogP contribution >= 0.6 is 0 Å². The van der Waals surface area contributed by atoms with Gasteiger partial charge in [0.05, 0.1) is 6.04 Å². The van der Waals surface area contributed by atoms with Crippen LogP contribution in [0.2, 0.25) is 0 Å². The number of aromatic nitrogens is 1. The first-order valence-corrected chi connectivity index (χ1v) is 10.5. The Bertz CT molecular complexity index is 666. The van der Waals surface area contributed by atoms with Crippen LogP contribution in [0.3, 0.4) is 0 Å². The van der Waals surface area contributed by atoms with E-state index in [0.717, 1.165) is 50.9 Å². The number of carbonyl (C=O) groups is 2. The Balaban J connectivity index is 1.36. The van der Waals surface area contributed by atoms with Crippen LogP contribution in [0, 0.1) is 5.92 Å². The van der Waals surface area contributed by atoms with Crippen LogP contribution in [-0.2, 0) is 28.9 Å². The summed E-state index contributed by atoms with van der Waals surface area (Å²) in [4.78, 5) is 30.9. The second-order valence-corrected chi connectivity index (χ2v) is 8.11. The lowest BCUT2D eigenvalue weighted by atomic mass is 9.94. The molecule has 0 spiro atoms. The molecular formula is C22H33N3O2. The van der Waals surface area contributed by atoms with E-state index in [-0.39, 0.29) is 23.7 Å². The van der Waals surface area contributed by atoms with Crippen LogP contribution in [-0.4, -0.2) is 47.3 Å². The number of fused-ring (bicyclic) bond motifs is 1. The minimum Gasteiger partial charge on any atom is -0.356 e. The number of ketones is 1. The summed E-state index contributed by atoms with van der Waals surface area (Å²) in [6, 6.07) is 4.36. The smallest absolute Gasteiger partial charge is 0.223 e. The fraction of sp³-hybridized carbons (Fsp3) is 0.682. The van der Waals surface area contributed by atoms with Gasteiger partial charge in [-0.1, -0.05) is 6.07 Å². The molecule has 0 saturated carbocycles. The zero-order valence-corrected chi connectivity index (χ0v) is 16.8. The molecule has 1 amide bonds. The number of nitrogens with zero attached hydrogens (tertiary/aromatic N) is 2. The van der Waals surface area contributed by atoms with E-state index in [4.69, 9.17) is 4.98 Å². The molecule has 1 N–H and O–H groups in total. The molecule has 5 heteroatoms. The van der Waals surface area contributed by atoms with Crippen molar-refractivity contribution in [1.82, 2.24) is 15.2 Å². The number of carbonyl (C=O) groups excluding carboxylic acids is 2. The van der Waals surface area contributed by atoms with Crippen molar-refractivity contribution < 1.29 is 9.59 Å². The van der Waals surface area contributed by atoms with Crippen molar-refractivity contribution in [2.45, 2.75) is 71.3 Å². The summed E-state index contributed by atoms with van der Waals surface area (Å²) in [5, 5.41) is 3.10. The third-order valence-corrected chi connectivity index (χ3v) is 6.18. The molecule has 1 fully saturated rings. The Morgan fingerprint density at radius 1 is 1.22 bits per heavy atom. The average Bonchev–Trinajstić information content (AvgIpc) is 2.70. The molecule has 1 aromatic heterocycles. The summed E-state index contributed by atoms with van der Waals surface area (Å²) in [5.74, 6) is 0.458. The van der Waals surface area contributed by atoms with E-state index in [2.05, 4.69) is 22.3 Å². The van der Waals surface area contributed by atoms with Crippen molar-refractivity contribution in [3.05, 3.63) is 29.1 Å². The summed E-state index contributed by atoms with van der Waals surface area (Å²) < 4.78 is 0. The molecule has 148 valence electrons. The van der Waals surface area contributed by atoms with E-state index in [1.807, 2.05) is 6.92 Å². The molecule has 1 saturated heterocycles. The van der Waals surface area contributed by atoms with Gasteiger partial charge in [-0.15, -0.1) is 0 Å². The van der Waals surface area contributed by atoms with Gasteiger partial charge in [-0.3, -0.25) is 19.5 Å². The maximum Gasteiger partial charge on any atom is 0.223 e. The first-order valence-electron chi connectivity index (χ1n) is 10.5. The minimum absolute atomic E-state index is 0.0295. The summed E-state index contributed by atoms with van der Waals surface area (Å²) >= 11 is 0. The molecule has 3 rings (SSSR count). The van der Waals surface area contributed by atoms with Gasteiger partial charge in [-0.2, -0.15) is 0 Å². The molecule has 0 bridgehead atoms. The molecule has 1 aliphatic heterocycles. The second-order valence-electron chi connectivity index (χ2n) is 8.11. The number of likely N-dealkylation sites (tertiary alicyclic amines) is 1. The van der Waals surface area contributed by atoms with Crippen molar-refractivity contribution in [2.75, 3.05) is 19.6 Å². The number of aryl methyl sites for hydroxylation is 3. The molecule has 0 aromatic carbocycles. The van der Waals surface area contributed by atoms with E-state index >= 15 is 0 Å². The fourth-order valence-corrected chi connectivity index (χ4v) is 4.20. The van der Waals surface area contributed by atoms with Gasteiger partial charge in [0.25, 0.3) is 0 Å². The van der Waals surface area contributed by atoms with E-state index in [9.17, 15) is 9.59 Å². The van der Waals surface area contributed by atoms with Gasteiger partial charge in [-0.25, -0.2) is 0 Å². The second kappa shape index (κ2) is 9.45. The van der Waals surface area contributed by atoms with Gasteiger partial charge in [0, 0.05) is 23.9 Å². The molecular weight excluding hydrogens is 338 g/mol. The molecule has 2 aliphatic rings. The third kappa shape index (κ3) is 5.38. The highest BCUT2D eigenvalue weighted by Crippen LogP contribution is 2.21. The normalized spacial score (nSPS) is 19.3. The van der Waals surface area contributed by atoms with Gasteiger partial charge in [0.15, 0.2) is 0 Å². The Labute approximate surface area is 162 Å².